The quantitative estimate of drug-likeness (QED) is 0.159. The zero-order chi connectivity index (χ0) is 52.8. The minimum atomic E-state index is -0.433. The molecule has 2 aliphatic carbocycles. The molecular weight excluding hydrogens is 930 g/mol. The SMILES string of the molecule is CC(C)(C)c1cc(N2c3cc(C(C)(C)C)ccc3B3c4ccccc4N(c4ccc5c(c4)-c4ccccc4C54c5ccccc5-c5ccccc54)c4cc(N(c5ccccc5)c5ccccc5)cc2c43)cc(C(C)(C)C)c1. The van der Waals surface area contributed by atoms with Crippen LogP contribution in [0.2, 0.25) is 0 Å². The minimum absolute atomic E-state index is 0.0403. The van der Waals surface area contributed by atoms with E-state index >= 15 is 0 Å². The highest BCUT2D eigenvalue weighted by Gasteiger charge is 2.52. The Morgan fingerprint density at radius 3 is 1.32 bits per heavy atom. The average Bonchev–Trinajstić information content (AvgIpc) is 4.17. The summed E-state index contributed by atoms with van der Waals surface area (Å²) in [6, 6.07) is 85.7. The van der Waals surface area contributed by atoms with E-state index in [0.717, 1.165) is 22.7 Å². The molecule has 0 atom stereocenters. The highest BCUT2D eigenvalue weighted by atomic mass is 15.2. The van der Waals surface area contributed by atoms with Crippen LogP contribution < -0.4 is 31.1 Å². The van der Waals surface area contributed by atoms with Crippen molar-refractivity contribution < 1.29 is 0 Å². The van der Waals surface area contributed by atoms with Gasteiger partial charge in [-0.1, -0.05) is 214 Å². The van der Waals surface area contributed by atoms with E-state index in [1.165, 1.54) is 106 Å². The van der Waals surface area contributed by atoms with E-state index in [1.807, 2.05) is 0 Å². The fraction of sp³-hybridized carbons (Fsp3) is 0.178. The molecule has 374 valence electrons. The number of hydrogen-bond acceptors (Lipinski definition) is 3. The maximum Gasteiger partial charge on any atom is 0.252 e. The Bertz CT molecular complexity index is 3900. The summed E-state index contributed by atoms with van der Waals surface area (Å²) >= 11 is 0. The summed E-state index contributed by atoms with van der Waals surface area (Å²) in [5.41, 5.74) is 28.2. The number of nitrogens with zero attached hydrogens (tertiary/aromatic N) is 3. The van der Waals surface area contributed by atoms with Crippen molar-refractivity contribution >= 4 is 74.3 Å². The van der Waals surface area contributed by atoms with Crippen molar-refractivity contribution in [3.63, 3.8) is 0 Å². The van der Waals surface area contributed by atoms with Crippen LogP contribution in [-0.4, -0.2) is 6.71 Å². The molecule has 0 amide bonds. The Morgan fingerprint density at radius 1 is 0.325 bits per heavy atom. The third-order valence-corrected chi connectivity index (χ3v) is 17.3. The Kier molecular flexibility index (Phi) is 10.3. The molecular formula is C73H64BN3. The van der Waals surface area contributed by atoms with Crippen LogP contribution >= 0.6 is 0 Å². The Labute approximate surface area is 456 Å². The third kappa shape index (κ3) is 7.03. The maximum absolute atomic E-state index is 2.64. The van der Waals surface area contributed by atoms with Crippen molar-refractivity contribution in [3.05, 3.63) is 263 Å². The van der Waals surface area contributed by atoms with Crippen molar-refractivity contribution in [2.75, 3.05) is 14.7 Å². The second-order valence-electron chi connectivity index (χ2n) is 25.0. The first-order valence-electron chi connectivity index (χ1n) is 27.6. The summed E-state index contributed by atoms with van der Waals surface area (Å²) in [4.78, 5) is 7.70. The van der Waals surface area contributed by atoms with E-state index in [9.17, 15) is 0 Å². The van der Waals surface area contributed by atoms with Crippen LogP contribution in [0, 0.1) is 0 Å². The molecule has 0 aromatic heterocycles. The summed E-state index contributed by atoms with van der Waals surface area (Å²) in [7, 11) is 0. The van der Waals surface area contributed by atoms with Gasteiger partial charge in [0, 0.05) is 45.5 Å². The largest absolute Gasteiger partial charge is 0.311 e. The fourth-order valence-electron chi connectivity index (χ4n) is 13.5. The van der Waals surface area contributed by atoms with Gasteiger partial charge in [-0.3, -0.25) is 0 Å². The van der Waals surface area contributed by atoms with Gasteiger partial charge in [0.2, 0.25) is 0 Å². The number of rotatable bonds is 5. The van der Waals surface area contributed by atoms with Gasteiger partial charge in [0.25, 0.3) is 6.71 Å². The lowest BCUT2D eigenvalue weighted by atomic mass is 9.33. The first kappa shape index (κ1) is 47.1. The Hall–Kier alpha value is -8.34. The average molecular weight is 994 g/mol. The highest BCUT2D eigenvalue weighted by Crippen LogP contribution is 2.63. The maximum atomic E-state index is 2.64. The molecule has 0 bridgehead atoms. The van der Waals surface area contributed by atoms with E-state index < -0.39 is 5.41 Å². The summed E-state index contributed by atoms with van der Waals surface area (Å²) in [5.74, 6) is 0. The van der Waals surface area contributed by atoms with Crippen LogP contribution in [-0.2, 0) is 21.7 Å². The lowest BCUT2D eigenvalue weighted by Gasteiger charge is -2.45. The van der Waals surface area contributed by atoms with Gasteiger partial charge in [-0.2, -0.15) is 0 Å². The van der Waals surface area contributed by atoms with Crippen LogP contribution in [0.1, 0.15) is 101 Å². The van der Waals surface area contributed by atoms with Crippen molar-refractivity contribution in [2.24, 2.45) is 0 Å². The van der Waals surface area contributed by atoms with E-state index in [-0.39, 0.29) is 23.0 Å². The number of fused-ring (bicyclic) bond motifs is 14. The second-order valence-corrected chi connectivity index (χ2v) is 25.0. The molecule has 2 aliphatic heterocycles. The summed E-state index contributed by atoms with van der Waals surface area (Å²) in [6.45, 7) is 21.1. The van der Waals surface area contributed by atoms with Gasteiger partial charge >= 0.3 is 0 Å². The van der Waals surface area contributed by atoms with E-state index in [4.69, 9.17) is 0 Å². The van der Waals surface area contributed by atoms with Crippen LogP contribution in [0.15, 0.2) is 224 Å². The lowest BCUT2D eigenvalue weighted by molar-refractivity contribution is 0.569. The van der Waals surface area contributed by atoms with Crippen molar-refractivity contribution in [3.8, 4) is 22.3 Å². The summed E-state index contributed by atoms with van der Waals surface area (Å²) in [5, 5.41) is 0. The van der Waals surface area contributed by atoms with Crippen molar-refractivity contribution in [2.45, 2.75) is 84.0 Å². The normalized spacial score (nSPS) is 14.3. The number of anilines is 9. The number of hydrogen-bond donors (Lipinski definition) is 0. The van der Waals surface area contributed by atoms with Crippen LogP contribution in [0.3, 0.4) is 0 Å². The number of benzene rings is 10. The fourth-order valence-corrected chi connectivity index (χ4v) is 13.5. The molecule has 1 spiro atoms. The Morgan fingerprint density at radius 2 is 0.779 bits per heavy atom. The first-order valence-corrected chi connectivity index (χ1v) is 27.6. The molecule has 0 saturated carbocycles. The molecule has 0 N–H and O–H groups in total. The zero-order valence-corrected chi connectivity index (χ0v) is 45.8. The molecule has 0 unspecified atom stereocenters. The van der Waals surface area contributed by atoms with E-state index in [1.54, 1.807) is 0 Å². The van der Waals surface area contributed by atoms with Gasteiger partial charge in [0.1, 0.15) is 0 Å². The number of para-hydroxylation sites is 3. The van der Waals surface area contributed by atoms with Gasteiger partial charge in [-0.05, 0) is 167 Å². The highest BCUT2D eigenvalue weighted by molar-refractivity contribution is 7.00. The third-order valence-electron chi connectivity index (χ3n) is 17.3. The van der Waals surface area contributed by atoms with Gasteiger partial charge < -0.3 is 14.7 Å². The predicted octanol–water partition coefficient (Wildman–Crippen LogP) is 17.5. The second kappa shape index (κ2) is 16.8. The summed E-state index contributed by atoms with van der Waals surface area (Å²) < 4.78 is 0. The molecule has 2 heterocycles. The van der Waals surface area contributed by atoms with Gasteiger partial charge in [0.05, 0.1) is 11.1 Å². The molecule has 3 nitrogen and oxygen atoms in total. The van der Waals surface area contributed by atoms with Gasteiger partial charge in [-0.25, -0.2) is 0 Å². The molecule has 10 aromatic carbocycles. The first-order chi connectivity index (χ1) is 37.1. The van der Waals surface area contributed by atoms with Crippen LogP contribution in [0.4, 0.5) is 51.2 Å². The monoisotopic (exact) mass is 994 g/mol. The topological polar surface area (TPSA) is 9.72 Å². The van der Waals surface area contributed by atoms with E-state index in [2.05, 4.69) is 301 Å². The predicted molar refractivity (Wildman–Crippen MR) is 328 cm³/mol. The van der Waals surface area contributed by atoms with Gasteiger partial charge in [0.15, 0.2) is 0 Å². The molecule has 4 heteroatoms. The molecule has 14 rings (SSSR count). The van der Waals surface area contributed by atoms with Crippen molar-refractivity contribution in [1.82, 2.24) is 0 Å². The van der Waals surface area contributed by atoms with Crippen LogP contribution in [0.25, 0.3) is 22.3 Å². The van der Waals surface area contributed by atoms with E-state index in [0.29, 0.717) is 0 Å². The van der Waals surface area contributed by atoms with Gasteiger partial charge in [-0.15, -0.1) is 0 Å². The molecule has 0 saturated heterocycles. The molecule has 4 aliphatic rings. The zero-order valence-electron chi connectivity index (χ0n) is 45.8. The molecule has 0 radical (unpaired) electrons. The van der Waals surface area contributed by atoms with Crippen LogP contribution in [0.5, 0.6) is 0 Å². The lowest BCUT2D eigenvalue weighted by Crippen LogP contribution is -2.61. The molecule has 10 aromatic rings. The summed E-state index contributed by atoms with van der Waals surface area (Å²) in [6.07, 6.45) is 0. The minimum Gasteiger partial charge on any atom is -0.311 e. The molecule has 77 heavy (non-hydrogen) atoms. The molecule has 0 fully saturated rings. The standard InChI is InChI=1S/C73H64BN3/c1-70(2,3)47-36-39-64-66(43-47)77(53-41-48(71(4,5)6)40-49(42-53)72(7,8)9)68-46-54(75(50-24-12-10-13-25-50)51-26-14-11-15-27-51)45-67-69(68)74(64)63-34-22-23-35-65(63)76(67)52-37-38-62-58(44-52)57-30-18-21-33-61(57)73(62)59-31-19-16-28-55(59)56-29-17-20-32-60(56)73/h10-46H,1-9H3. The van der Waals surface area contributed by atoms with Crippen molar-refractivity contribution in [1.29, 1.82) is 0 Å². The Balaban J connectivity index is 1.09. The smallest absolute Gasteiger partial charge is 0.252 e.